The minimum Gasteiger partial charge on any atom is -0.347 e. The maximum atomic E-state index is 12.8. The third kappa shape index (κ3) is 5.11. The van der Waals surface area contributed by atoms with Crippen molar-refractivity contribution in [2.45, 2.75) is 24.9 Å². The van der Waals surface area contributed by atoms with Crippen molar-refractivity contribution in [1.29, 1.82) is 0 Å². The molecule has 7 heteroatoms. The summed E-state index contributed by atoms with van der Waals surface area (Å²) in [7, 11) is 1.78. The normalized spacial score (nSPS) is 13.3. The first-order valence-corrected chi connectivity index (χ1v) is 12.0. The van der Waals surface area contributed by atoms with Gasteiger partial charge in [0.25, 0.3) is 5.91 Å². The Balaban J connectivity index is 1.37. The number of anilines is 1. The molecule has 1 aliphatic rings. The molecule has 1 aliphatic heterocycles. The Labute approximate surface area is 191 Å². The standard InChI is InChI=1S/C24H25N3O2S2/c1-17-8-10-18(11-9-17)15-25-22(28)21-14-19-16-27(24(29)26(2)23(19)31-21)12-13-30-20-6-4-3-5-7-20/h3-11,14H,12-13,15-16H2,1-2H3,(H,25,28). The minimum absolute atomic E-state index is 0.0189. The Morgan fingerprint density at radius 1 is 1.13 bits per heavy atom. The molecular weight excluding hydrogens is 426 g/mol. The Morgan fingerprint density at radius 2 is 1.87 bits per heavy atom. The van der Waals surface area contributed by atoms with Crippen molar-refractivity contribution in [3.8, 4) is 0 Å². The highest BCUT2D eigenvalue weighted by Crippen LogP contribution is 2.36. The van der Waals surface area contributed by atoms with Gasteiger partial charge in [-0.15, -0.1) is 23.1 Å². The molecule has 160 valence electrons. The lowest BCUT2D eigenvalue weighted by Gasteiger charge is -2.32. The summed E-state index contributed by atoms with van der Waals surface area (Å²) in [5, 5.41) is 3.84. The van der Waals surface area contributed by atoms with Gasteiger partial charge in [-0.05, 0) is 30.7 Å². The van der Waals surface area contributed by atoms with Crippen LogP contribution in [-0.4, -0.2) is 36.2 Å². The molecule has 0 bridgehead atoms. The second kappa shape index (κ2) is 9.58. The second-order valence-electron chi connectivity index (χ2n) is 7.53. The summed E-state index contributed by atoms with van der Waals surface area (Å²) in [6.07, 6.45) is 0. The smallest absolute Gasteiger partial charge is 0.325 e. The fourth-order valence-electron chi connectivity index (χ4n) is 3.44. The number of thioether (sulfide) groups is 1. The van der Waals surface area contributed by atoms with Gasteiger partial charge in [0.1, 0.15) is 5.00 Å². The Bertz CT molecular complexity index is 1060. The van der Waals surface area contributed by atoms with E-state index in [1.54, 1.807) is 23.7 Å². The zero-order chi connectivity index (χ0) is 21.8. The van der Waals surface area contributed by atoms with Crippen LogP contribution >= 0.6 is 23.1 Å². The van der Waals surface area contributed by atoms with E-state index in [0.717, 1.165) is 21.9 Å². The molecule has 0 spiro atoms. The van der Waals surface area contributed by atoms with Crippen molar-refractivity contribution in [3.05, 3.63) is 82.2 Å². The molecule has 1 N–H and O–H groups in total. The molecule has 5 nitrogen and oxygen atoms in total. The van der Waals surface area contributed by atoms with Crippen molar-refractivity contribution in [2.75, 3.05) is 24.2 Å². The lowest BCUT2D eigenvalue weighted by molar-refractivity contribution is 0.0955. The van der Waals surface area contributed by atoms with Gasteiger partial charge in [-0.3, -0.25) is 9.69 Å². The highest BCUT2D eigenvalue weighted by molar-refractivity contribution is 7.99. The minimum atomic E-state index is -0.105. The van der Waals surface area contributed by atoms with Crippen LogP contribution in [0.2, 0.25) is 0 Å². The quantitative estimate of drug-likeness (QED) is 0.506. The van der Waals surface area contributed by atoms with Crippen molar-refractivity contribution in [1.82, 2.24) is 10.2 Å². The van der Waals surface area contributed by atoms with Gasteiger partial charge in [0.05, 0.1) is 11.4 Å². The number of nitrogens with one attached hydrogen (secondary N) is 1. The van der Waals surface area contributed by atoms with Gasteiger partial charge in [-0.25, -0.2) is 4.79 Å². The first-order valence-electron chi connectivity index (χ1n) is 10.2. The number of nitrogens with zero attached hydrogens (tertiary/aromatic N) is 2. The maximum absolute atomic E-state index is 12.8. The van der Waals surface area contributed by atoms with Crippen LogP contribution in [0, 0.1) is 6.92 Å². The molecule has 0 atom stereocenters. The van der Waals surface area contributed by atoms with E-state index in [2.05, 4.69) is 17.4 Å². The fourth-order valence-corrected chi connectivity index (χ4v) is 5.38. The topological polar surface area (TPSA) is 52.7 Å². The van der Waals surface area contributed by atoms with Crippen LogP contribution < -0.4 is 10.2 Å². The van der Waals surface area contributed by atoms with E-state index < -0.39 is 0 Å². The zero-order valence-corrected chi connectivity index (χ0v) is 19.3. The van der Waals surface area contributed by atoms with Crippen LogP contribution in [-0.2, 0) is 13.1 Å². The summed E-state index contributed by atoms with van der Waals surface area (Å²) >= 11 is 3.12. The summed E-state index contributed by atoms with van der Waals surface area (Å²) in [5.41, 5.74) is 3.28. The molecule has 4 rings (SSSR count). The highest BCUT2D eigenvalue weighted by Gasteiger charge is 2.30. The molecule has 0 fully saturated rings. The number of hydrogen-bond acceptors (Lipinski definition) is 4. The van der Waals surface area contributed by atoms with Crippen molar-refractivity contribution >= 4 is 40.0 Å². The number of carbonyl (C=O) groups excluding carboxylic acids is 2. The van der Waals surface area contributed by atoms with Gasteiger partial charge in [0, 0.05) is 36.3 Å². The molecule has 2 heterocycles. The third-order valence-electron chi connectivity index (χ3n) is 5.18. The largest absolute Gasteiger partial charge is 0.347 e. The lowest BCUT2D eigenvalue weighted by atomic mass is 10.1. The zero-order valence-electron chi connectivity index (χ0n) is 17.6. The monoisotopic (exact) mass is 451 g/mol. The van der Waals surface area contributed by atoms with E-state index in [9.17, 15) is 9.59 Å². The Morgan fingerprint density at radius 3 is 2.61 bits per heavy atom. The fraction of sp³-hybridized carbons (Fsp3) is 0.250. The number of urea groups is 1. The van der Waals surface area contributed by atoms with Gasteiger partial charge in [0.15, 0.2) is 0 Å². The van der Waals surface area contributed by atoms with E-state index in [1.165, 1.54) is 21.8 Å². The van der Waals surface area contributed by atoms with Crippen LogP contribution in [0.1, 0.15) is 26.4 Å². The van der Waals surface area contributed by atoms with Gasteiger partial charge < -0.3 is 10.2 Å². The van der Waals surface area contributed by atoms with E-state index in [1.807, 2.05) is 60.4 Å². The number of hydrogen-bond donors (Lipinski definition) is 1. The first-order chi connectivity index (χ1) is 15.0. The van der Waals surface area contributed by atoms with Crippen LogP contribution in [0.4, 0.5) is 9.80 Å². The highest BCUT2D eigenvalue weighted by atomic mass is 32.2. The first kappa shape index (κ1) is 21.5. The molecule has 0 aliphatic carbocycles. The number of carbonyl (C=O) groups is 2. The SMILES string of the molecule is Cc1ccc(CNC(=O)c2cc3c(s2)N(C)C(=O)N(CCSc2ccccc2)C3)cc1. The molecule has 0 radical (unpaired) electrons. The molecule has 0 saturated heterocycles. The average Bonchev–Trinajstić information content (AvgIpc) is 3.22. The van der Waals surface area contributed by atoms with Gasteiger partial charge in [-0.2, -0.15) is 0 Å². The predicted octanol–water partition coefficient (Wildman–Crippen LogP) is 5.15. The molecule has 0 unspecified atom stereocenters. The maximum Gasteiger partial charge on any atom is 0.325 e. The van der Waals surface area contributed by atoms with Crippen LogP contribution in [0.3, 0.4) is 0 Å². The molecule has 1 aromatic heterocycles. The van der Waals surface area contributed by atoms with Gasteiger partial charge in [-0.1, -0.05) is 48.0 Å². The molecule has 3 aromatic rings. The number of aryl methyl sites for hydroxylation is 1. The van der Waals surface area contributed by atoms with Gasteiger partial charge >= 0.3 is 6.03 Å². The summed E-state index contributed by atoms with van der Waals surface area (Å²) in [5.74, 6) is 0.722. The van der Waals surface area contributed by atoms with Crippen molar-refractivity contribution in [2.24, 2.45) is 0 Å². The van der Waals surface area contributed by atoms with Crippen LogP contribution in [0.5, 0.6) is 0 Å². The Hall–Kier alpha value is -2.77. The number of fused-ring (bicyclic) bond motifs is 1. The van der Waals surface area contributed by atoms with E-state index in [4.69, 9.17) is 0 Å². The van der Waals surface area contributed by atoms with Crippen molar-refractivity contribution < 1.29 is 9.59 Å². The van der Waals surface area contributed by atoms with E-state index >= 15 is 0 Å². The molecule has 31 heavy (non-hydrogen) atoms. The molecular formula is C24H25N3O2S2. The summed E-state index contributed by atoms with van der Waals surface area (Å²) < 4.78 is 0. The summed E-state index contributed by atoms with van der Waals surface area (Å²) in [6.45, 7) is 3.72. The molecule has 0 saturated carbocycles. The van der Waals surface area contributed by atoms with Crippen LogP contribution in [0.25, 0.3) is 0 Å². The predicted molar refractivity (Wildman–Crippen MR) is 128 cm³/mol. The number of amides is 3. The van der Waals surface area contributed by atoms with Crippen LogP contribution in [0.15, 0.2) is 65.6 Å². The second-order valence-corrected chi connectivity index (χ2v) is 9.73. The summed E-state index contributed by atoms with van der Waals surface area (Å²) in [4.78, 5) is 30.8. The van der Waals surface area contributed by atoms with E-state index in [-0.39, 0.29) is 11.9 Å². The third-order valence-corrected chi connectivity index (χ3v) is 7.43. The number of thiophene rings is 1. The summed E-state index contributed by atoms with van der Waals surface area (Å²) in [6, 6.07) is 20.2. The van der Waals surface area contributed by atoms with Crippen molar-refractivity contribution in [3.63, 3.8) is 0 Å². The Kier molecular flexibility index (Phi) is 6.63. The van der Waals surface area contributed by atoms with E-state index in [0.29, 0.717) is 24.5 Å². The number of rotatable bonds is 7. The number of benzene rings is 2. The lowest BCUT2D eigenvalue weighted by Crippen LogP contribution is -2.45. The molecule has 3 amide bonds. The van der Waals surface area contributed by atoms with Gasteiger partial charge in [0.2, 0.25) is 0 Å². The average molecular weight is 452 g/mol. The molecule has 2 aromatic carbocycles.